The van der Waals surface area contributed by atoms with Crippen LogP contribution in [0.15, 0.2) is 42.5 Å². The Balaban J connectivity index is 2.26. The molecule has 0 unspecified atom stereocenters. The molecule has 4 heteroatoms. The van der Waals surface area contributed by atoms with Crippen LogP contribution in [-0.4, -0.2) is 16.2 Å². The van der Waals surface area contributed by atoms with Crippen LogP contribution in [0.3, 0.4) is 0 Å². The van der Waals surface area contributed by atoms with Crippen molar-refractivity contribution < 1.29 is 19.7 Å². The number of carbonyl (C=O) groups excluding carboxylic acids is 1. The minimum absolute atomic E-state index is 0.0528. The van der Waals surface area contributed by atoms with Crippen molar-refractivity contribution in [3.05, 3.63) is 53.6 Å². The lowest BCUT2D eigenvalue weighted by Gasteiger charge is -2.00. The molecule has 0 aliphatic heterocycles. The molecule has 2 rings (SSSR count). The number of carbonyl (C=O) groups is 1. The van der Waals surface area contributed by atoms with Crippen LogP contribution in [0.5, 0.6) is 17.2 Å². The molecule has 2 aromatic rings. The minimum atomic E-state index is -0.395. The van der Waals surface area contributed by atoms with E-state index in [1.807, 2.05) is 0 Å². The first-order valence-corrected chi connectivity index (χ1v) is 5.86. The molecule has 100 valence electrons. The molecule has 0 saturated heterocycles. The summed E-state index contributed by atoms with van der Waals surface area (Å²) in [7, 11) is 0. The molecule has 0 aliphatic carbocycles. The Labute approximate surface area is 116 Å². The van der Waals surface area contributed by atoms with E-state index in [1.54, 1.807) is 24.3 Å². The van der Waals surface area contributed by atoms with E-state index < -0.39 is 5.97 Å². The van der Waals surface area contributed by atoms with Gasteiger partial charge in [-0.2, -0.15) is 0 Å². The Bertz CT molecular complexity index is 688. The van der Waals surface area contributed by atoms with E-state index >= 15 is 0 Å². The van der Waals surface area contributed by atoms with Crippen molar-refractivity contribution in [2.24, 2.45) is 0 Å². The third-order valence-electron chi connectivity index (χ3n) is 2.35. The smallest absolute Gasteiger partial charge is 0.308 e. The molecule has 2 N–H and O–H groups in total. The highest BCUT2D eigenvalue weighted by molar-refractivity contribution is 5.69. The molecule has 0 atom stereocenters. The summed E-state index contributed by atoms with van der Waals surface area (Å²) in [6.07, 6.45) is 0. The minimum Gasteiger partial charge on any atom is -0.508 e. The first-order chi connectivity index (χ1) is 9.52. The zero-order chi connectivity index (χ0) is 14.5. The molecule has 0 radical (unpaired) electrons. The summed E-state index contributed by atoms with van der Waals surface area (Å²) >= 11 is 0. The zero-order valence-corrected chi connectivity index (χ0v) is 10.8. The van der Waals surface area contributed by atoms with E-state index in [1.165, 1.54) is 25.1 Å². The summed E-state index contributed by atoms with van der Waals surface area (Å²) in [5, 5.41) is 18.7. The number of hydrogen-bond donors (Lipinski definition) is 2. The standard InChI is InChI=1S/C16H12O4/c1-11(17)20-16-4-2-3-12(9-16)5-6-13-7-14(18)10-15(19)8-13/h2-4,7-10,18-19H,1H3. The molecular formula is C16H12O4. The fourth-order valence-electron chi connectivity index (χ4n) is 1.61. The van der Waals surface area contributed by atoms with E-state index in [9.17, 15) is 15.0 Å². The highest BCUT2D eigenvalue weighted by Crippen LogP contribution is 2.20. The average molecular weight is 268 g/mol. The predicted molar refractivity (Wildman–Crippen MR) is 73.5 cm³/mol. The van der Waals surface area contributed by atoms with Crippen molar-refractivity contribution in [1.82, 2.24) is 0 Å². The number of aromatic hydroxyl groups is 2. The van der Waals surface area contributed by atoms with Crippen LogP contribution in [0.4, 0.5) is 0 Å². The third kappa shape index (κ3) is 3.79. The summed E-state index contributed by atoms with van der Waals surface area (Å²) in [4.78, 5) is 10.9. The van der Waals surface area contributed by atoms with Crippen molar-refractivity contribution in [1.29, 1.82) is 0 Å². The van der Waals surface area contributed by atoms with E-state index in [-0.39, 0.29) is 11.5 Å². The number of rotatable bonds is 1. The number of hydrogen-bond acceptors (Lipinski definition) is 4. The van der Waals surface area contributed by atoms with Crippen LogP contribution in [0, 0.1) is 11.8 Å². The Hall–Kier alpha value is -2.93. The van der Waals surface area contributed by atoms with E-state index in [2.05, 4.69) is 11.8 Å². The number of phenolic OH excluding ortho intramolecular Hbond substituents is 2. The third-order valence-corrected chi connectivity index (χ3v) is 2.35. The average Bonchev–Trinajstić information content (AvgIpc) is 2.35. The second kappa shape index (κ2) is 5.81. The van der Waals surface area contributed by atoms with Crippen LogP contribution >= 0.6 is 0 Å². The van der Waals surface area contributed by atoms with Crippen molar-refractivity contribution >= 4 is 5.97 Å². The zero-order valence-electron chi connectivity index (χ0n) is 10.8. The predicted octanol–water partition coefficient (Wildman–Crippen LogP) is 2.42. The van der Waals surface area contributed by atoms with Gasteiger partial charge in [0.15, 0.2) is 0 Å². The molecule has 0 saturated carbocycles. The summed E-state index contributed by atoms with van der Waals surface area (Å²) in [5.41, 5.74) is 1.15. The molecule has 0 bridgehead atoms. The van der Waals surface area contributed by atoms with Gasteiger partial charge < -0.3 is 14.9 Å². The molecule has 2 aromatic carbocycles. The fraction of sp³-hybridized carbons (Fsp3) is 0.0625. The lowest BCUT2D eigenvalue weighted by molar-refractivity contribution is -0.131. The molecule has 4 nitrogen and oxygen atoms in total. The number of phenols is 2. The first kappa shape index (κ1) is 13.5. The lowest BCUT2D eigenvalue weighted by atomic mass is 10.1. The second-order valence-corrected chi connectivity index (χ2v) is 4.11. The van der Waals surface area contributed by atoms with Gasteiger partial charge in [0.2, 0.25) is 0 Å². The molecule has 0 amide bonds. The maximum Gasteiger partial charge on any atom is 0.308 e. The van der Waals surface area contributed by atoms with E-state index in [0.717, 1.165) is 0 Å². The van der Waals surface area contributed by atoms with Crippen molar-refractivity contribution in [2.75, 3.05) is 0 Å². The number of esters is 1. The molecule has 0 spiro atoms. The van der Waals surface area contributed by atoms with Gasteiger partial charge in [-0.1, -0.05) is 17.9 Å². The molecule has 0 heterocycles. The van der Waals surface area contributed by atoms with Crippen LogP contribution in [0.1, 0.15) is 18.1 Å². The normalized spacial score (nSPS) is 9.45. The van der Waals surface area contributed by atoms with Crippen molar-refractivity contribution in [3.63, 3.8) is 0 Å². The van der Waals surface area contributed by atoms with Crippen LogP contribution in [-0.2, 0) is 4.79 Å². The van der Waals surface area contributed by atoms with Gasteiger partial charge in [0.1, 0.15) is 17.2 Å². The summed E-state index contributed by atoms with van der Waals surface area (Å²) in [6, 6.07) is 10.9. The Morgan fingerprint density at radius 2 is 1.65 bits per heavy atom. The highest BCUT2D eigenvalue weighted by atomic mass is 16.5. The molecule has 0 fully saturated rings. The quantitative estimate of drug-likeness (QED) is 0.473. The van der Waals surface area contributed by atoms with Crippen LogP contribution < -0.4 is 4.74 Å². The van der Waals surface area contributed by atoms with Gasteiger partial charge >= 0.3 is 5.97 Å². The summed E-state index contributed by atoms with van der Waals surface area (Å²) in [5.74, 6) is 5.60. The fourth-order valence-corrected chi connectivity index (χ4v) is 1.61. The van der Waals surface area contributed by atoms with Gasteiger partial charge in [-0.3, -0.25) is 4.79 Å². The largest absolute Gasteiger partial charge is 0.508 e. The first-order valence-electron chi connectivity index (χ1n) is 5.86. The second-order valence-electron chi connectivity index (χ2n) is 4.11. The SMILES string of the molecule is CC(=O)Oc1cccc(C#Cc2cc(O)cc(O)c2)c1. The van der Waals surface area contributed by atoms with Gasteiger partial charge in [-0.25, -0.2) is 0 Å². The monoisotopic (exact) mass is 268 g/mol. The number of ether oxygens (including phenoxy) is 1. The van der Waals surface area contributed by atoms with Gasteiger partial charge in [-0.05, 0) is 30.3 Å². The maximum absolute atomic E-state index is 10.9. The number of benzene rings is 2. The summed E-state index contributed by atoms with van der Waals surface area (Å²) < 4.78 is 4.96. The molecule has 0 aliphatic rings. The lowest BCUT2D eigenvalue weighted by Crippen LogP contribution is -2.01. The molecule has 0 aromatic heterocycles. The topological polar surface area (TPSA) is 66.8 Å². The van der Waals surface area contributed by atoms with E-state index in [4.69, 9.17) is 4.74 Å². The summed E-state index contributed by atoms with van der Waals surface area (Å²) in [6.45, 7) is 1.33. The van der Waals surface area contributed by atoms with Crippen LogP contribution in [0.25, 0.3) is 0 Å². The van der Waals surface area contributed by atoms with Crippen molar-refractivity contribution in [3.8, 4) is 29.1 Å². The molecule has 20 heavy (non-hydrogen) atoms. The van der Waals surface area contributed by atoms with Crippen molar-refractivity contribution in [2.45, 2.75) is 6.92 Å². The van der Waals surface area contributed by atoms with Gasteiger partial charge in [0.05, 0.1) is 0 Å². The molecular weight excluding hydrogens is 256 g/mol. The Morgan fingerprint density at radius 1 is 1.00 bits per heavy atom. The maximum atomic E-state index is 10.9. The Kier molecular flexibility index (Phi) is 3.92. The van der Waals surface area contributed by atoms with E-state index in [0.29, 0.717) is 16.9 Å². The van der Waals surface area contributed by atoms with Gasteiger partial charge in [0, 0.05) is 24.1 Å². The highest BCUT2D eigenvalue weighted by Gasteiger charge is 1.99. The van der Waals surface area contributed by atoms with Gasteiger partial charge in [-0.15, -0.1) is 0 Å². The Morgan fingerprint density at radius 3 is 2.30 bits per heavy atom. The van der Waals surface area contributed by atoms with Gasteiger partial charge in [0.25, 0.3) is 0 Å². The van der Waals surface area contributed by atoms with Crippen LogP contribution in [0.2, 0.25) is 0 Å².